The molecule has 92 valence electrons. The lowest BCUT2D eigenvalue weighted by Gasteiger charge is -2.20. The molecule has 1 aromatic rings. The second kappa shape index (κ2) is 3.15. The van der Waals surface area contributed by atoms with Gasteiger partial charge >= 0.3 is 6.18 Å². The van der Waals surface area contributed by atoms with Gasteiger partial charge < -0.3 is 11.1 Å². The van der Waals surface area contributed by atoms with Crippen LogP contribution in [0.4, 0.5) is 24.5 Å². The van der Waals surface area contributed by atoms with Crippen molar-refractivity contribution in [3.63, 3.8) is 0 Å². The number of nitrogens with two attached hydrogens (primary N) is 1. The number of amides is 1. The molecule has 0 unspecified atom stereocenters. The average Bonchev–Trinajstić information content (AvgIpc) is 2.35. The van der Waals surface area contributed by atoms with Crippen LogP contribution in [0, 0.1) is 0 Å². The van der Waals surface area contributed by atoms with Gasteiger partial charge in [-0.05, 0) is 26.0 Å². The van der Waals surface area contributed by atoms with Crippen molar-refractivity contribution in [1.82, 2.24) is 0 Å². The standard InChI is InChI=1S/C11H11F3N2O/c1-10(2)8-6(11(12,13)14)3-5(15)4-7(8)16-9(10)17/h3-4H,15H2,1-2H3,(H,16,17). The highest BCUT2D eigenvalue weighted by Crippen LogP contribution is 2.46. The minimum atomic E-state index is -4.52. The molecule has 6 heteroatoms. The van der Waals surface area contributed by atoms with Crippen LogP contribution in [-0.4, -0.2) is 5.91 Å². The number of anilines is 2. The van der Waals surface area contributed by atoms with E-state index in [1.54, 1.807) is 0 Å². The topological polar surface area (TPSA) is 55.1 Å². The molecule has 0 saturated heterocycles. The summed E-state index contributed by atoms with van der Waals surface area (Å²) in [5.41, 5.74) is 3.45. The molecule has 0 bridgehead atoms. The van der Waals surface area contributed by atoms with Gasteiger partial charge in [0.15, 0.2) is 0 Å². The fraction of sp³-hybridized carbons (Fsp3) is 0.364. The van der Waals surface area contributed by atoms with E-state index in [0.29, 0.717) is 0 Å². The van der Waals surface area contributed by atoms with E-state index in [-0.39, 0.29) is 16.9 Å². The van der Waals surface area contributed by atoms with Gasteiger partial charge in [0.1, 0.15) is 0 Å². The number of benzene rings is 1. The molecule has 3 nitrogen and oxygen atoms in total. The summed E-state index contributed by atoms with van der Waals surface area (Å²) in [7, 11) is 0. The lowest BCUT2D eigenvalue weighted by Crippen LogP contribution is -2.29. The highest BCUT2D eigenvalue weighted by molar-refractivity contribution is 6.06. The van der Waals surface area contributed by atoms with Crippen LogP contribution in [0.25, 0.3) is 0 Å². The van der Waals surface area contributed by atoms with Gasteiger partial charge in [-0.1, -0.05) is 0 Å². The maximum atomic E-state index is 12.9. The normalized spacial score (nSPS) is 17.8. The van der Waals surface area contributed by atoms with E-state index < -0.39 is 23.1 Å². The molecule has 1 amide bonds. The third kappa shape index (κ3) is 1.64. The zero-order valence-corrected chi connectivity index (χ0v) is 9.27. The first-order chi connectivity index (χ1) is 7.64. The number of hydrogen-bond donors (Lipinski definition) is 2. The van der Waals surface area contributed by atoms with Gasteiger partial charge in [0.2, 0.25) is 5.91 Å². The molecule has 0 saturated carbocycles. The molecular formula is C11H11F3N2O. The Morgan fingerprint density at radius 2 is 1.88 bits per heavy atom. The molecule has 0 radical (unpaired) electrons. The average molecular weight is 244 g/mol. The predicted molar refractivity (Wildman–Crippen MR) is 57.5 cm³/mol. The predicted octanol–water partition coefficient (Wildman–Crippen LogP) is 2.52. The molecular weight excluding hydrogens is 233 g/mol. The van der Waals surface area contributed by atoms with Gasteiger partial charge in [-0.3, -0.25) is 4.79 Å². The van der Waals surface area contributed by atoms with Crippen LogP contribution < -0.4 is 11.1 Å². The summed E-state index contributed by atoms with van der Waals surface area (Å²) in [5.74, 6) is -0.455. The van der Waals surface area contributed by atoms with Crippen LogP contribution in [0.15, 0.2) is 12.1 Å². The van der Waals surface area contributed by atoms with Crippen molar-refractivity contribution in [2.75, 3.05) is 11.1 Å². The summed E-state index contributed by atoms with van der Waals surface area (Å²) >= 11 is 0. The minimum absolute atomic E-state index is 0.0194. The van der Waals surface area contributed by atoms with Crippen molar-refractivity contribution in [2.45, 2.75) is 25.4 Å². The maximum Gasteiger partial charge on any atom is 0.416 e. The molecule has 1 aromatic carbocycles. The van der Waals surface area contributed by atoms with Gasteiger partial charge in [-0.15, -0.1) is 0 Å². The first-order valence-corrected chi connectivity index (χ1v) is 4.96. The van der Waals surface area contributed by atoms with Crippen molar-refractivity contribution in [3.8, 4) is 0 Å². The van der Waals surface area contributed by atoms with E-state index in [2.05, 4.69) is 5.32 Å². The molecule has 2 rings (SSSR count). The molecule has 1 aliphatic heterocycles. The van der Waals surface area contributed by atoms with Crippen LogP contribution in [0.3, 0.4) is 0 Å². The fourth-order valence-electron chi connectivity index (χ4n) is 2.05. The van der Waals surface area contributed by atoms with Gasteiger partial charge in [0, 0.05) is 16.9 Å². The summed E-state index contributed by atoms with van der Waals surface area (Å²) in [5, 5.41) is 2.42. The monoisotopic (exact) mass is 244 g/mol. The highest BCUT2D eigenvalue weighted by Gasteiger charge is 2.46. The molecule has 1 heterocycles. The Morgan fingerprint density at radius 1 is 1.29 bits per heavy atom. The molecule has 0 spiro atoms. The van der Waals surface area contributed by atoms with Crippen molar-refractivity contribution in [1.29, 1.82) is 0 Å². The Bertz CT molecular complexity index is 506. The molecule has 1 aliphatic rings. The molecule has 0 aromatic heterocycles. The number of alkyl halides is 3. The van der Waals surface area contributed by atoms with E-state index in [0.717, 1.165) is 6.07 Å². The highest BCUT2D eigenvalue weighted by atomic mass is 19.4. The van der Waals surface area contributed by atoms with E-state index in [9.17, 15) is 18.0 Å². The van der Waals surface area contributed by atoms with Crippen molar-refractivity contribution < 1.29 is 18.0 Å². The number of rotatable bonds is 0. The summed E-state index contributed by atoms with van der Waals surface area (Å²) in [4.78, 5) is 11.6. The largest absolute Gasteiger partial charge is 0.416 e. The van der Waals surface area contributed by atoms with E-state index in [1.165, 1.54) is 19.9 Å². The van der Waals surface area contributed by atoms with Gasteiger partial charge in [0.25, 0.3) is 0 Å². The van der Waals surface area contributed by atoms with Crippen molar-refractivity contribution >= 4 is 17.3 Å². The molecule has 0 fully saturated rings. The Morgan fingerprint density at radius 3 is 2.41 bits per heavy atom. The second-order valence-electron chi connectivity index (χ2n) is 4.57. The third-order valence-corrected chi connectivity index (χ3v) is 2.91. The van der Waals surface area contributed by atoms with Gasteiger partial charge in [0.05, 0.1) is 11.0 Å². The number of halogens is 3. The molecule has 3 N–H and O–H groups in total. The third-order valence-electron chi connectivity index (χ3n) is 2.91. The van der Waals surface area contributed by atoms with Gasteiger partial charge in [-0.2, -0.15) is 13.2 Å². The van der Waals surface area contributed by atoms with Crippen molar-refractivity contribution in [2.24, 2.45) is 0 Å². The Hall–Kier alpha value is -1.72. The number of hydrogen-bond acceptors (Lipinski definition) is 2. The number of nitrogens with one attached hydrogen (secondary N) is 1. The van der Waals surface area contributed by atoms with Gasteiger partial charge in [-0.25, -0.2) is 0 Å². The Labute approximate surface area is 95.8 Å². The fourth-order valence-corrected chi connectivity index (χ4v) is 2.05. The minimum Gasteiger partial charge on any atom is -0.399 e. The van der Waals surface area contributed by atoms with Crippen LogP contribution in [0.1, 0.15) is 25.0 Å². The SMILES string of the molecule is CC1(C)C(=O)Nc2cc(N)cc(C(F)(F)F)c21. The van der Waals surface area contributed by atoms with Crippen molar-refractivity contribution in [3.05, 3.63) is 23.3 Å². The quantitative estimate of drug-likeness (QED) is 0.689. The Kier molecular flexibility index (Phi) is 2.18. The zero-order chi connectivity index (χ0) is 13.0. The second-order valence-corrected chi connectivity index (χ2v) is 4.57. The summed E-state index contributed by atoms with van der Waals surface area (Å²) in [6.07, 6.45) is -4.52. The molecule has 0 aliphatic carbocycles. The van der Waals surface area contributed by atoms with E-state index in [1.807, 2.05) is 0 Å². The number of nitrogen functional groups attached to an aromatic ring is 1. The number of carbonyl (C=O) groups is 1. The zero-order valence-electron chi connectivity index (χ0n) is 9.27. The van der Waals surface area contributed by atoms with Crippen LogP contribution >= 0.6 is 0 Å². The lowest BCUT2D eigenvalue weighted by molar-refractivity contribution is -0.138. The number of fused-ring (bicyclic) bond motifs is 1. The van der Waals surface area contributed by atoms with E-state index in [4.69, 9.17) is 5.73 Å². The van der Waals surface area contributed by atoms with E-state index >= 15 is 0 Å². The summed E-state index contributed by atoms with van der Waals surface area (Å²) < 4.78 is 38.7. The van der Waals surface area contributed by atoms with Crippen LogP contribution in [-0.2, 0) is 16.4 Å². The number of carbonyl (C=O) groups excluding carboxylic acids is 1. The lowest BCUT2D eigenvalue weighted by atomic mass is 9.82. The Balaban J connectivity index is 2.77. The maximum absolute atomic E-state index is 12.9. The van der Waals surface area contributed by atoms with Crippen LogP contribution in [0.2, 0.25) is 0 Å². The summed E-state index contributed by atoms with van der Waals surface area (Å²) in [6.45, 7) is 2.92. The molecule has 17 heavy (non-hydrogen) atoms. The first-order valence-electron chi connectivity index (χ1n) is 4.96. The summed E-state index contributed by atoms with van der Waals surface area (Å²) in [6, 6.07) is 2.21. The van der Waals surface area contributed by atoms with Crippen LogP contribution in [0.5, 0.6) is 0 Å². The molecule has 0 atom stereocenters. The smallest absolute Gasteiger partial charge is 0.399 e. The first kappa shape index (κ1) is 11.8.